The number of nitrogens with two attached hydrogens (primary N) is 1. The van der Waals surface area contributed by atoms with Crippen LogP contribution in [0.15, 0.2) is 30.5 Å². The van der Waals surface area contributed by atoms with Crippen LogP contribution in [0, 0.1) is 13.8 Å². The van der Waals surface area contributed by atoms with Gasteiger partial charge < -0.3 is 21.3 Å². The lowest BCUT2D eigenvalue weighted by molar-refractivity contribution is 0.0921. The third kappa shape index (κ3) is 5.64. The Morgan fingerprint density at radius 3 is 2.15 bits per heavy atom. The summed E-state index contributed by atoms with van der Waals surface area (Å²) in [5.74, 6) is 0.227. The fourth-order valence-electron chi connectivity index (χ4n) is 6.57. The third-order valence-electron chi connectivity index (χ3n) is 8.71. The first-order chi connectivity index (χ1) is 18.6. The van der Waals surface area contributed by atoms with E-state index in [0.717, 1.165) is 56.6 Å². The Labute approximate surface area is 230 Å². The van der Waals surface area contributed by atoms with Crippen LogP contribution in [-0.2, 0) is 0 Å². The topological polar surface area (TPSA) is 121 Å². The van der Waals surface area contributed by atoms with E-state index < -0.39 is 5.91 Å². The first-order valence-corrected chi connectivity index (χ1v) is 14.1. The highest BCUT2D eigenvalue weighted by Crippen LogP contribution is 2.38. The second kappa shape index (κ2) is 11.0. The summed E-state index contributed by atoms with van der Waals surface area (Å²) in [6.45, 7) is 9.90. The molecule has 3 atom stereocenters. The number of likely N-dealkylation sites (tertiary alicyclic amines) is 1. The molecular weight excluding hydrogens is 492 g/mol. The van der Waals surface area contributed by atoms with Crippen molar-refractivity contribution in [1.29, 1.82) is 0 Å². The molecule has 3 fully saturated rings. The number of pyridine rings is 1. The molecule has 3 unspecified atom stereocenters. The summed E-state index contributed by atoms with van der Waals surface area (Å²) in [6.07, 6.45) is 6.46. The highest BCUT2D eigenvalue weighted by molar-refractivity contribution is 5.99. The highest BCUT2D eigenvalue weighted by Gasteiger charge is 2.42. The van der Waals surface area contributed by atoms with Crippen molar-refractivity contribution in [3.63, 3.8) is 0 Å². The van der Waals surface area contributed by atoms with Gasteiger partial charge in [-0.1, -0.05) is 0 Å². The molecule has 0 saturated carbocycles. The van der Waals surface area contributed by atoms with E-state index in [-0.39, 0.29) is 23.9 Å². The van der Waals surface area contributed by atoms with Crippen LogP contribution in [0.3, 0.4) is 0 Å². The molecule has 208 valence electrons. The van der Waals surface area contributed by atoms with Crippen molar-refractivity contribution in [3.8, 4) is 0 Å². The Morgan fingerprint density at radius 1 is 0.923 bits per heavy atom. The Kier molecular flexibility index (Phi) is 7.62. The average molecular weight is 533 g/mol. The summed E-state index contributed by atoms with van der Waals surface area (Å²) < 4.78 is 0. The molecular formula is C30H40N6O3. The van der Waals surface area contributed by atoms with E-state index >= 15 is 0 Å². The second-order valence-corrected chi connectivity index (χ2v) is 11.7. The first-order valence-electron chi connectivity index (χ1n) is 14.1. The minimum atomic E-state index is -0.486. The monoisotopic (exact) mass is 532 g/mol. The van der Waals surface area contributed by atoms with Crippen LogP contribution in [0.1, 0.15) is 88.2 Å². The van der Waals surface area contributed by atoms with Crippen molar-refractivity contribution in [3.05, 3.63) is 58.3 Å². The second-order valence-electron chi connectivity index (χ2n) is 11.7. The van der Waals surface area contributed by atoms with Crippen molar-refractivity contribution in [2.75, 3.05) is 18.0 Å². The molecule has 0 aliphatic carbocycles. The minimum Gasteiger partial charge on any atom is -0.366 e. The smallest absolute Gasteiger partial charge is 0.253 e. The summed E-state index contributed by atoms with van der Waals surface area (Å²) in [7, 11) is 0. The zero-order valence-corrected chi connectivity index (χ0v) is 23.4. The van der Waals surface area contributed by atoms with Gasteiger partial charge in [-0.15, -0.1) is 0 Å². The minimum absolute atomic E-state index is 0.0663. The SMILES string of the molecule is Cc1cc(C(=O)NC2CC3CCC(C2)N3c2ccc(C(=O)NC3CCN(C(C)C)C3)cn2)c(C)cc1C(N)=O. The van der Waals surface area contributed by atoms with Crippen molar-refractivity contribution < 1.29 is 14.4 Å². The van der Waals surface area contributed by atoms with Crippen LogP contribution >= 0.6 is 0 Å². The molecule has 3 saturated heterocycles. The van der Waals surface area contributed by atoms with Crippen molar-refractivity contribution in [2.24, 2.45) is 5.73 Å². The molecule has 3 amide bonds. The lowest BCUT2D eigenvalue weighted by atomic mass is 9.95. The van der Waals surface area contributed by atoms with Crippen LogP contribution in [0.5, 0.6) is 0 Å². The molecule has 9 nitrogen and oxygen atoms in total. The zero-order chi connectivity index (χ0) is 27.8. The molecule has 2 aromatic rings. The van der Waals surface area contributed by atoms with Gasteiger partial charge in [0.05, 0.1) is 5.56 Å². The van der Waals surface area contributed by atoms with Gasteiger partial charge in [0.1, 0.15) is 5.82 Å². The number of rotatable bonds is 7. The lowest BCUT2D eigenvalue weighted by Gasteiger charge is -2.40. The molecule has 39 heavy (non-hydrogen) atoms. The van der Waals surface area contributed by atoms with E-state index in [2.05, 4.69) is 39.3 Å². The maximum Gasteiger partial charge on any atom is 0.253 e. The standard InChI is InChI=1S/C30H40N6O3/c1-17(2)35-10-9-21(16-35)33-29(38)20-5-8-27(32-15-20)36-23-6-7-24(36)14-22(13-23)34-30(39)26-12-18(3)25(28(31)37)11-19(26)4/h5,8,11-12,15,17,21-24H,6-7,9-10,13-14,16H2,1-4H3,(H2,31,37)(H,33,38)(H,34,39). The number of aromatic nitrogens is 1. The number of carbonyl (C=O) groups is 3. The number of nitrogens with zero attached hydrogens (tertiary/aromatic N) is 3. The van der Waals surface area contributed by atoms with E-state index in [0.29, 0.717) is 40.4 Å². The van der Waals surface area contributed by atoms with Crippen molar-refractivity contribution >= 4 is 23.5 Å². The molecule has 0 radical (unpaired) electrons. The summed E-state index contributed by atoms with van der Waals surface area (Å²) in [5, 5.41) is 6.40. The van der Waals surface area contributed by atoms with Gasteiger partial charge in [0, 0.05) is 60.6 Å². The van der Waals surface area contributed by atoms with Crippen molar-refractivity contribution in [2.45, 2.75) is 90.0 Å². The largest absolute Gasteiger partial charge is 0.366 e. The van der Waals surface area contributed by atoms with E-state index in [9.17, 15) is 14.4 Å². The Balaban J connectivity index is 1.19. The Hall–Kier alpha value is -3.46. The molecule has 2 bridgehead atoms. The van der Waals surface area contributed by atoms with Gasteiger partial charge in [0.25, 0.3) is 11.8 Å². The van der Waals surface area contributed by atoms with Crippen LogP contribution < -0.4 is 21.3 Å². The number of hydrogen-bond donors (Lipinski definition) is 3. The van der Waals surface area contributed by atoms with Gasteiger partial charge in [0.2, 0.25) is 5.91 Å². The van der Waals surface area contributed by atoms with Gasteiger partial charge in [-0.25, -0.2) is 4.98 Å². The van der Waals surface area contributed by atoms with Gasteiger partial charge in [0.15, 0.2) is 0 Å². The Morgan fingerprint density at radius 2 is 1.56 bits per heavy atom. The van der Waals surface area contributed by atoms with Crippen LogP contribution in [0.2, 0.25) is 0 Å². The normalized spacial score (nSPS) is 24.7. The number of carbonyl (C=O) groups excluding carboxylic acids is 3. The number of hydrogen-bond acceptors (Lipinski definition) is 6. The number of anilines is 1. The molecule has 1 aromatic carbocycles. The molecule has 9 heteroatoms. The van der Waals surface area contributed by atoms with Crippen LogP contribution in [0.25, 0.3) is 0 Å². The summed E-state index contributed by atoms with van der Waals surface area (Å²) in [5.41, 5.74) is 8.52. The van der Waals surface area contributed by atoms with E-state index in [1.165, 1.54) is 0 Å². The van der Waals surface area contributed by atoms with E-state index in [1.54, 1.807) is 25.3 Å². The number of piperidine rings is 1. The maximum absolute atomic E-state index is 13.1. The molecule has 0 spiro atoms. The number of aryl methyl sites for hydroxylation is 2. The van der Waals surface area contributed by atoms with Gasteiger partial charge in [-0.05, 0) is 95.2 Å². The molecule has 3 aliphatic heterocycles. The number of amides is 3. The maximum atomic E-state index is 13.1. The van der Waals surface area contributed by atoms with Crippen LogP contribution in [0.4, 0.5) is 5.82 Å². The lowest BCUT2D eigenvalue weighted by Crippen LogP contribution is -2.51. The summed E-state index contributed by atoms with van der Waals surface area (Å²) >= 11 is 0. The summed E-state index contributed by atoms with van der Waals surface area (Å²) in [4.78, 5) is 47.0. The quantitative estimate of drug-likeness (QED) is 0.504. The Bertz CT molecular complexity index is 1250. The molecule has 5 rings (SSSR count). The van der Waals surface area contributed by atoms with E-state index in [4.69, 9.17) is 5.73 Å². The average Bonchev–Trinajstić information content (AvgIpc) is 3.47. The first kappa shape index (κ1) is 27.1. The predicted octanol–water partition coefficient (Wildman–Crippen LogP) is 2.94. The van der Waals surface area contributed by atoms with Gasteiger partial charge in [-0.3, -0.25) is 19.3 Å². The number of fused-ring (bicyclic) bond motifs is 2. The van der Waals surface area contributed by atoms with E-state index in [1.807, 2.05) is 19.1 Å². The van der Waals surface area contributed by atoms with Gasteiger partial charge in [-0.2, -0.15) is 0 Å². The molecule has 4 heterocycles. The zero-order valence-electron chi connectivity index (χ0n) is 23.4. The molecule has 1 aromatic heterocycles. The molecule has 3 aliphatic rings. The fraction of sp³-hybridized carbons (Fsp3) is 0.533. The predicted molar refractivity (Wildman–Crippen MR) is 151 cm³/mol. The van der Waals surface area contributed by atoms with Crippen molar-refractivity contribution in [1.82, 2.24) is 20.5 Å². The number of nitrogens with one attached hydrogen (secondary N) is 2. The highest BCUT2D eigenvalue weighted by atomic mass is 16.2. The molecule has 4 N–H and O–H groups in total. The van der Waals surface area contributed by atoms with Crippen LogP contribution in [-0.4, -0.2) is 70.9 Å². The summed E-state index contributed by atoms with van der Waals surface area (Å²) in [6, 6.07) is 8.61. The fourth-order valence-corrected chi connectivity index (χ4v) is 6.57. The third-order valence-corrected chi connectivity index (χ3v) is 8.71. The van der Waals surface area contributed by atoms with Gasteiger partial charge >= 0.3 is 0 Å². The number of benzene rings is 1. The number of primary amides is 1.